The first-order valence-electron chi connectivity index (χ1n) is 9.68. The first kappa shape index (κ1) is 18.8. The second kappa shape index (κ2) is 7.26. The van der Waals surface area contributed by atoms with Crippen LogP contribution in [0.2, 0.25) is 0 Å². The molecular weight excluding hydrogens is 404 g/mol. The molecule has 0 amide bonds. The van der Waals surface area contributed by atoms with E-state index in [0.717, 1.165) is 35.1 Å². The van der Waals surface area contributed by atoms with Crippen molar-refractivity contribution in [1.82, 2.24) is 39.5 Å². The van der Waals surface area contributed by atoms with Crippen LogP contribution in [0.3, 0.4) is 0 Å². The lowest BCUT2D eigenvalue weighted by Gasteiger charge is -2.31. The molecule has 1 saturated heterocycles. The van der Waals surface area contributed by atoms with Crippen LogP contribution in [0, 0.1) is 6.92 Å². The molecule has 0 radical (unpaired) electrons. The van der Waals surface area contributed by atoms with Gasteiger partial charge in [0, 0.05) is 13.1 Å². The Kier molecular flexibility index (Phi) is 4.55. The quantitative estimate of drug-likeness (QED) is 0.490. The van der Waals surface area contributed by atoms with Crippen LogP contribution in [0.4, 0.5) is 0 Å². The van der Waals surface area contributed by atoms with Gasteiger partial charge in [0.15, 0.2) is 0 Å². The Morgan fingerprint density at radius 1 is 1.07 bits per heavy atom. The van der Waals surface area contributed by atoms with Crippen molar-refractivity contribution in [3.63, 3.8) is 0 Å². The fraction of sp³-hybridized carbons (Fsp3) is 0.316. The van der Waals surface area contributed by atoms with Gasteiger partial charge >= 0.3 is 0 Å². The Labute approximate surface area is 173 Å². The number of nitrogens with zero attached hydrogens (tertiary/aromatic N) is 8. The van der Waals surface area contributed by atoms with Crippen LogP contribution < -0.4 is 0 Å². The normalized spacial score (nSPS) is 18.1. The van der Waals surface area contributed by atoms with E-state index >= 15 is 0 Å². The molecule has 0 aliphatic carbocycles. The van der Waals surface area contributed by atoms with Crippen molar-refractivity contribution in [2.24, 2.45) is 0 Å². The van der Waals surface area contributed by atoms with E-state index in [-0.39, 0.29) is 10.9 Å². The molecule has 10 nitrogen and oxygen atoms in total. The minimum Gasteiger partial charge on any atom is -0.207 e. The summed E-state index contributed by atoms with van der Waals surface area (Å²) in [6.07, 6.45) is 3.07. The van der Waals surface area contributed by atoms with Crippen molar-refractivity contribution in [2.75, 3.05) is 13.1 Å². The number of fused-ring (bicyclic) bond motifs is 1. The van der Waals surface area contributed by atoms with Gasteiger partial charge in [-0.2, -0.15) is 19.3 Å². The van der Waals surface area contributed by atoms with Crippen LogP contribution in [0.25, 0.3) is 16.7 Å². The van der Waals surface area contributed by atoms with Crippen molar-refractivity contribution in [3.8, 4) is 5.69 Å². The summed E-state index contributed by atoms with van der Waals surface area (Å²) < 4.78 is 29.7. The van der Waals surface area contributed by atoms with Crippen molar-refractivity contribution in [1.29, 1.82) is 0 Å². The number of rotatable bonds is 4. The molecular formula is C19H20N8O2S. The van der Waals surface area contributed by atoms with Crippen molar-refractivity contribution in [3.05, 3.63) is 54.4 Å². The monoisotopic (exact) mass is 424 g/mol. The van der Waals surface area contributed by atoms with Gasteiger partial charge in [0.2, 0.25) is 10.0 Å². The molecule has 0 spiro atoms. The molecule has 1 aliphatic heterocycles. The lowest BCUT2D eigenvalue weighted by molar-refractivity contribution is 0.239. The number of aryl methyl sites for hydroxylation is 1. The third-order valence-corrected chi connectivity index (χ3v) is 7.25. The number of aromatic nitrogens is 7. The van der Waals surface area contributed by atoms with Gasteiger partial charge in [0.25, 0.3) is 0 Å². The summed E-state index contributed by atoms with van der Waals surface area (Å²) in [5.41, 5.74) is 3.14. The Balaban J connectivity index is 1.42. The first-order valence-corrected chi connectivity index (χ1v) is 11.1. The summed E-state index contributed by atoms with van der Waals surface area (Å²) in [5.74, 6) is 0. The molecule has 1 fully saturated rings. The Morgan fingerprint density at radius 3 is 2.50 bits per heavy atom. The third kappa shape index (κ3) is 3.25. The highest BCUT2D eigenvalue weighted by Gasteiger charge is 2.32. The third-order valence-electron chi connectivity index (χ3n) is 5.39. The van der Waals surface area contributed by atoms with Gasteiger partial charge in [-0.3, -0.25) is 0 Å². The standard InChI is InChI=1S/C19H20N8O2S/c1-14-11-16(8-9-19(14)26-13-20-23-24-26)30(28,29)25-10-4-5-15(12-25)27-21-17-6-2-3-7-18(17)22-27/h2-3,6-9,11,13,15H,4-5,10,12H2,1H3/t15-/m1/s1. The smallest absolute Gasteiger partial charge is 0.207 e. The van der Waals surface area contributed by atoms with Gasteiger partial charge in [-0.25, -0.2) is 13.1 Å². The fourth-order valence-electron chi connectivity index (χ4n) is 3.83. The molecule has 0 bridgehead atoms. The summed E-state index contributed by atoms with van der Waals surface area (Å²) in [6.45, 7) is 2.67. The van der Waals surface area contributed by atoms with Gasteiger partial charge < -0.3 is 0 Å². The first-order chi connectivity index (χ1) is 14.5. The highest BCUT2D eigenvalue weighted by atomic mass is 32.2. The highest BCUT2D eigenvalue weighted by Crippen LogP contribution is 2.28. The molecule has 2 aromatic carbocycles. The van der Waals surface area contributed by atoms with Crippen LogP contribution in [0.5, 0.6) is 0 Å². The van der Waals surface area contributed by atoms with Gasteiger partial charge in [-0.1, -0.05) is 12.1 Å². The molecule has 3 heterocycles. The van der Waals surface area contributed by atoms with Crippen LogP contribution in [-0.2, 0) is 10.0 Å². The number of sulfonamides is 1. The van der Waals surface area contributed by atoms with Crippen molar-refractivity contribution >= 4 is 21.1 Å². The molecule has 154 valence electrons. The maximum Gasteiger partial charge on any atom is 0.243 e. The van der Waals surface area contributed by atoms with Gasteiger partial charge in [-0.15, -0.1) is 5.10 Å². The summed E-state index contributed by atoms with van der Waals surface area (Å²) in [6, 6.07) is 12.5. The second-order valence-corrected chi connectivity index (χ2v) is 9.31. The zero-order valence-electron chi connectivity index (χ0n) is 16.3. The molecule has 5 rings (SSSR count). The number of benzene rings is 2. The average Bonchev–Trinajstić information content (AvgIpc) is 3.43. The number of tetrazole rings is 1. The van der Waals surface area contributed by atoms with Gasteiger partial charge in [-0.05, 0) is 66.1 Å². The van der Waals surface area contributed by atoms with E-state index in [9.17, 15) is 8.42 Å². The maximum atomic E-state index is 13.3. The zero-order chi connectivity index (χ0) is 20.7. The van der Waals surface area contributed by atoms with E-state index < -0.39 is 10.0 Å². The molecule has 2 aromatic heterocycles. The molecule has 0 N–H and O–H groups in total. The van der Waals surface area contributed by atoms with E-state index in [4.69, 9.17) is 0 Å². The van der Waals surface area contributed by atoms with E-state index in [1.165, 1.54) is 15.3 Å². The molecule has 1 aliphatic rings. The summed E-state index contributed by atoms with van der Waals surface area (Å²) in [5, 5.41) is 20.2. The van der Waals surface area contributed by atoms with Gasteiger partial charge in [0.1, 0.15) is 17.4 Å². The van der Waals surface area contributed by atoms with Crippen LogP contribution in [-0.4, -0.2) is 61.0 Å². The minimum atomic E-state index is -3.64. The fourth-order valence-corrected chi connectivity index (χ4v) is 5.44. The predicted octanol–water partition coefficient (Wildman–Crippen LogP) is 1.74. The maximum absolute atomic E-state index is 13.3. The Morgan fingerprint density at radius 2 is 1.83 bits per heavy atom. The van der Waals surface area contributed by atoms with E-state index in [2.05, 4.69) is 25.7 Å². The molecule has 1 atom stereocenters. The van der Waals surface area contributed by atoms with Crippen LogP contribution in [0.15, 0.2) is 53.7 Å². The van der Waals surface area contributed by atoms with Crippen molar-refractivity contribution < 1.29 is 8.42 Å². The summed E-state index contributed by atoms with van der Waals surface area (Å²) >= 11 is 0. The largest absolute Gasteiger partial charge is 0.243 e. The molecule has 11 heteroatoms. The van der Waals surface area contributed by atoms with Crippen molar-refractivity contribution in [2.45, 2.75) is 30.7 Å². The number of hydrogen-bond donors (Lipinski definition) is 0. The molecule has 4 aromatic rings. The average molecular weight is 424 g/mol. The second-order valence-electron chi connectivity index (χ2n) is 7.37. The lowest BCUT2D eigenvalue weighted by atomic mass is 10.1. The zero-order valence-corrected chi connectivity index (χ0v) is 17.1. The summed E-state index contributed by atoms with van der Waals surface area (Å²) in [7, 11) is -3.64. The van der Waals surface area contributed by atoms with Gasteiger partial charge in [0.05, 0.1) is 16.6 Å². The summed E-state index contributed by atoms with van der Waals surface area (Å²) in [4.78, 5) is 1.93. The molecule has 0 saturated carbocycles. The topological polar surface area (TPSA) is 112 Å². The van der Waals surface area contributed by atoms with E-state index in [0.29, 0.717) is 13.1 Å². The molecule has 0 unspecified atom stereocenters. The lowest BCUT2D eigenvalue weighted by Crippen LogP contribution is -2.41. The van der Waals surface area contributed by atoms with E-state index in [1.807, 2.05) is 31.2 Å². The van der Waals surface area contributed by atoms with E-state index in [1.54, 1.807) is 23.0 Å². The number of piperidine rings is 1. The predicted molar refractivity (Wildman–Crippen MR) is 108 cm³/mol. The SMILES string of the molecule is Cc1cc(S(=O)(=O)N2CCC[C@@H](n3nc4ccccc4n3)C2)ccc1-n1cnnn1. The Hall–Kier alpha value is -3.18. The Bertz CT molecular complexity index is 1270. The minimum absolute atomic E-state index is 0.0949. The highest BCUT2D eigenvalue weighted by molar-refractivity contribution is 7.89. The van der Waals surface area contributed by atoms with Crippen LogP contribution >= 0.6 is 0 Å². The van der Waals surface area contributed by atoms with Crippen LogP contribution in [0.1, 0.15) is 24.4 Å². The number of hydrogen-bond acceptors (Lipinski definition) is 7. The molecule has 30 heavy (non-hydrogen) atoms.